The fraction of sp³-hybridized carbons (Fsp3) is 0.333. The van der Waals surface area contributed by atoms with Crippen molar-refractivity contribution >= 4 is 10.0 Å². The van der Waals surface area contributed by atoms with E-state index < -0.39 is 10.0 Å². The Balaban J connectivity index is 3.04. The first-order valence-corrected chi connectivity index (χ1v) is 6.85. The van der Waals surface area contributed by atoms with E-state index in [1.165, 1.54) is 41.8 Å². The Morgan fingerprint density at radius 2 is 2.22 bits per heavy atom. The Hall–Kier alpha value is -1.37. The molecular formula is C12H17NO4S. The van der Waals surface area contributed by atoms with Crippen LogP contribution in [0.25, 0.3) is 0 Å². The number of hydrogen-bond acceptors (Lipinski definition) is 4. The van der Waals surface area contributed by atoms with E-state index in [9.17, 15) is 13.5 Å². The van der Waals surface area contributed by atoms with Crippen LogP contribution < -0.4 is 0 Å². The molecule has 100 valence electrons. The third-order valence-corrected chi connectivity index (χ3v) is 4.19. The predicted octanol–water partition coefficient (Wildman–Crippen LogP) is 1.22. The van der Waals surface area contributed by atoms with Crippen molar-refractivity contribution in [3.63, 3.8) is 0 Å². The molecule has 1 aromatic carbocycles. The average molecular weight is 271 g/mol. The molecule has 0 saturated carbocycles. The van der Waals surface area contributed by atoms with E-state index in [-0.39, 0.29) is 23.7 Å². The SMILES string of the molecule is C=CCN(CCOC)S(=O)(=O)c1cccc(O)c1. The largest absolute Gasteiger partial charge is 0.508 e. The molecule has 5 nitrogen and oxygen atoms in total. The molecule has 0 fully saturated rings. The highest BCUT2D eigenvalue weighted by molar-refractivity contribution is 7.89. The fourth-order valence-electron chi connectivity index (χ4n) is 1.44. The van der Waals surface area contributed by atoms with E-state index in [2.05, 4.69) is 6.58 Å². The van der Waals surface area contributed by atoms with Gasteiger partial charge in [0.1, 0.15) is 5.75 Å². The first-order valence-electron chi connectivity index (χ1n) is 5.41. The number of hydrogen-bond donors (Lipinski definition) is 1. The third kappa shape index (κ3) is 3.56. The van der Waals surface area contributed by atoms with Crippen LogP contribution in [-0.4, -0.2) is 44.6 Å². The van der Waals surface area contributed by atoms with Crippen molar-refractivity contribution in [2.45, 2.75) is 4.90 Å². The summed E-state index contributed by atoms with van der Waals surface area (Å²) in [5.41, 5.74) is 0. The van der Waals surface area contributed by atoms with Gasteiger partial charge in [-0.1, -0.05) is 12.1 Å². The Morgan fingerprint density at radius 1 is 1.50 bits per heavy atom. The summed E-state index contributed by atoms with van der Waals surface area (Å²) in [5.74, 6) is -0.0821. The summed E-state index contributed by atoms with van der Waals surface area (Å²) in [5, 5.41) is 9.34. The monoisotopic (exact) mass is 271 g/mol. The number of nitrogens with zero attached hydrogens (tertiary/aromatic N) is 1. The molecule has 1 N–H and O–H groups in total. The molecule has 0 bridgehead atoms. The summed E-state index contributed by atoms with van der Waals surface area (Å²) in [7, 11) is -2.13. The molecule has 1 rings (SSSR count). The zero-order valence-electron chi connectivity index (χ0n) is 10.2. The lowest BCUT2D eigenvalue weighted by molar-refractivity contribution is 0.182. The molecule has 0 amide bonds. The molecule has 0 aliphatic carbocycles. The minimum absolute atomic E-state index is 0.0560. The number of rotatable bonds is 7. The van der Waals surface area contributed by atoms with E-state index in [4.69, 9.17) is 4.74 Å². The summed E-state index contributed by atoms with van der Waals surface area (Å²) in [6.07, 6.45) is 1.51. The Morgan fingerprint density at radius 3 is 2.78 bits per heavy atom. The van der Waals surface area contributed by atoms with E-state index in [0.29, 0.717) is 6.61 Å². The lowest BCUT2D eigenvalue weighted by atomic mass is 10.3. The van der Waals surface area contributed by atoms with Crippen molar-refractivity contribution in [3.8, 4) is 5.75 Å². The predicted molar refractivity (Wildman–Crippen MR) is 68.9 cm³/mol. The minimum Gasteiger partial charge on any atom is -0.508 e. The van der Waals surface area contributed by atoms with E-state index in [0.717, 1.165) is 0 Å². The van der Waals surface area contributed by atoms with Gasteiger partial charge in [-0.15, -0.1) is 6.58 Å². The number of phenols is 1. The molecule has 0 heterocycles. The van der Waals surface area contributed by atoms with E-state index in [1.54, 1.807) is 0 Å². The highest BCUT2D eigenvalue weighted by atomic mass is 32.2. The maximum Gasteiger partial charge on any atom is 0.243 e. The number of methoxy groups -OCH3 is 1. The summed E-state index contributed by atoms with van der Waals surface area (Å²) < 4.78 is 30.7. The van der Waals surface area contributed by atoms with Gasteiger partial charge in [0.05, 0.1) is 11.5 Å². The van der Waals surface area contributed by atoms with Gasteiger partial charge in [0.2, 0.25) is 10.0 Å². The summed E-state index contributed by atoms with van der Waals surface area (Å²) in [6, 6.07) is 5.58. The van der Waals surface area contributed by atoms with Gasteiger partial charge in [-0.25, -0.2) is 8.42 Å². The van der Waals surface area contributed by atoms with Crippen LogP contribution in [0.15, 0.2) is 41.8 Å². The third-order valence-electron chi connectivity index (χ3n) is 2.33. The van der Waals surface area contributed by atoms with Gasteiger partial charge in [0.25, 0.3) is 0 Å². The van der Waals surface area contributed by atoms with Crippen LogP contribution in [0.2, 0.25) is 0 Å². The topological polar surface area (TPSA) is 66.8 Å². The average Bonchev–Trinajstić information content (AvgIpc) is 2.34. The standard InChI is InChI=1S/C12H17NO4S/c1-3-7-13(8-9-17-2)18(15,16)12-6-4-5-11(14)10-12/h3-6,10,14H,1,7-9H2,2H3. The first kappa shape index (κ1) is 14.7. The molecule has 0 unspecified atom stereocenters. The second kappa shape index (κ2) is 6.53. The van der Waals surface area contributed by atoms with Crippen LogP contribution in [0.3, 0.4) is 0 Å². The summed E-state index contributed by atoms with van der Waals surface area (Å²) in [6.45, 7) is 4.27. The van der Waals surface area contributed by atoms with Crippen LogP contribution >= 0.6 is 0 Å². The van der Waals surface area contributed by atoms with Gasteiger partial charge < -0.3 is 9.84 Å². The zero-order chi connectivity index (χ0) is 13.6. The van der Waals surface area contributed by atoms with Crippen molar-refractivity contribution in [2.75, 3.05) is 26.8 Å². The number of phenolic OH excluding ortho intramolecular Hbond substituents is 1. The van der Waals surface area contributed by atoms with Gasteiger partial charge in [-0.3, -0.25) is 0 Å². The molecule has 0 saturated heterocycles. The highest BCUT2D eigenvalue weighted by Gasteiger charge is 2.23. The maximum atomic E-state index is 12.3. The van der Waals surface area contributed by atoms with Gasteiger partial charge in [-0.05, 0) is 18.2 Å². The molecule has 0 aromatic heterocycles. The number of sulfonamides is 1. The van der Waals surface area contributed by atoms with Crippen LogP contribution in [0.4, 0.5) is 0 Å². The quantitative estimate of drug-likeness (QED) is 0.757. The van der Waals surface area contributed by atoms with Crippen LogP contribution in [0, 0.1) is 0 Å². The van der Waals surface area contributed by atoms with Crippen LogP contribution in [0.5, 0.6) is 5.75 Å². The molecule has 0 aliphatic heterocycles. The molecule has 18 heavy (non-hydrogen) atoms. The Bertz CT molecular complexity index is 499. The molecule has 0 atom stereocenters. The maximum absolute atomic E-state index is 12.3. The van der Waals surface area contributed by atoms with Crippen molar-refractivity contribution in [2.24, 2.45) is 0 Å². The molecule has 6 heteroatoms. The first-order chi connectivity index (χ1) is 8.52. The number of ether oxygens (including phenoxy) is 1. The van der Waals surface area contributed by atoms with E-state index >= 15 is 0 Å². The van der Waals surface area contributed by atoms with Crippen molar-refractivity contribution in [3.05, 3.63) is 36.9 Å². The van der Waals surface area contributed by atoms with Crippen LogP contribution in [-0.2, 0) is 14.8 Å². The van der Waals surface area contributed by atoms with Gasteiger partial charge >= 0.3 is 0 Å². The molecular weight excluding hydrogens is 254 g/mol. The highest BCUT2D eigenvalue weighted by Crippen LogP contribution is 2.19. The molecule has 0 radical (unpaired) electrons. The lowest BCUT2D eigenvalue weighted by Gasteiger charge is -2.20. The van der Waals surface area contributed by atoms with Gasteiger partial charge in [-0.2, -0.15) is 4.31 Å². The second-order valence-corrected chi connectivity index (χ2v) is 5.58. The normalized spacial score (nSPS) is 11.7. The summed E-state index contributed by atoms with van der Waals surface area (Å²) >= 11 is 0. The van der Waals surface area contributed by atoms with Crippen molar-refractivity contribution < 1.29 is 18.3 Å². The second-order valence-electron chi connectivity index (χ2n) is 3.64. The summed E-state index contributed by atoms with van der Waals surface area (Å²) in [4.78, 5) is 0.0560. The lowest BCUT2D eigenvalue weighted by Crippen LogP contribution is -2.34. The van der Waals surface area contributed by atoms with Crippen LogP contribution in [0.1, 0.15) is 0 Å². The Kier molecular flexibility index (Phi) is 5.33. The van der Waals surface area contributed by atoms with Crippen molar-refractivity contribution in [1.29, 1.82) is 0 Å². The number of benzene rings is 1. The Labute approximate surface area is 107 Å². The smallest absolute Gasteiger partial charge is 0.243 e. The van der Waals surface area contributed by atoms with Gasteiger partial charge in [0.15, 0.2) is 0 Å². The minimum atomic E-state index is -3.64. The number of aromatic hydroxyl groups is 1. The fourth-order valence-corrected chi connectivity index (χ4v) is 2.87. The van der Waals surface area contributed by atoms with Crippen molar-refractivity contribution in [1.82, 2.24) is 4.31 Å². The molecule has 0 spiro atoms. The van der Waals surface area contributed by atoms with Gasteiger partial charge in [0, 0.05) is 20.2 Å². The molecule has 0 aliphatic rings. The zero-order valence-corrected chi connectivity index (χ0v) is 11.1. The molecule has 1 aromatic rings. The van der Waals surface area contributed by atoms with E-state index in [1.807, 2.05) is 0 Å².